The fraction of sp³-hybridized carbons (Fsp3) is 0.632. The Morgan fingerprint density at radius 1 is 1.22 bits per heavy atom. The van der Waals surface area contributed by atoms with Crippen molar-refractivity contribution in [2.45, 2.75) is 56.5 Å². The fourth-order valence-electron chi connectivity index (χ4n) is 4.33. The molecule has 1 aromatic rings. The van der Waals surface area contributed by atoms with Gasteiger partial charge in [0.05, 0.1) is 18.4 Å². The maximum absolute atomic E-state index is 14.5. The van der Waals surface area contributed by atoms with Gasteiger partial charge in [0, 0.05) is 18.2 Å². The first-order valence-electron chi connectivity index (χ1n) is 9.53. The molecule has 0 aromatic heterocycles. The smallest absolute Gasteiger partial charge is 0.267 e. The number of benzene rings is 1. The molecule has 2 heterocycles. The van der Waals surface area contributed by atoms with Gasteiger partial charge < -0.3 is 10.1 Å². The van der Waals surface area contributed by atoms with Crippen LogP contribution in [0.5, 0.6) is 5.75 Å². The van der Waals surface area contributed by atoms with E-state index in [2.05, 4.69) is 5.32 Å². The second kappa shape index (κ2) is 7.05. The average molecular weight is 396 g/mol. The van der Waals surface area contributed by atoms with Crippen molar-refractivity contribution >= 4 is 15.9 Å². The number of rotatable bonds is 6. The van der Waals surface area contributed by atoms with Gasteiger partial charge in [-0.25, -0.2) is 17.5 Å². The van der Waals surface area contributed by atoms with Crippen molar-refractivity contribution in [2.24, 2.45) is 5.92 Å². The minimum atomic E-state index is -3.75. The number of amides is 1. The third-order valence-electron chi connectivity index (χ3n) is 5.68. The number of fused-ring (bicyclic) bond motifs is 2. The summed E-state index contributed by atoms with van der Waals surface area (Å²) in [7, 11) is -3.75. The molecule has 2 saturated heterocycles. The molecule has 27 heavy (non-hydrogen) atoms. The van der Waals surface area contributed by atoms with Crippen LogP contribution in [-0.2, 0) is 10.0 Å². The lowest BCUT2D eigenvalue weighted by Crippen LogP contribution is -2.39. The summed E-state index contributed by atoms with van der Waals surface area (Å²) in [6.07, 6.45) is 7.38. The lowest BCUT2D eigenvalue weighted by Gasteiger charge is -2.29. The Hall–Kier alpha value is -1.67. The maximum Gasteiger partial charge on any atom is 0.267 e. The molecular formula is C19H25FN2O4S. The molecule has 3 aliphatic rings. The number of nitrogens with one attached hydrogen (secondary N) is 2. The zero-order chi connectivity index (χ0) is 19.2. The van der Waals surface area contributed by atoms with E-state index in [1.165, 1.54) is 25.0 Å². The van der Waals surface area contributed by atoms with E-state index in [0.29, 0.717) is 30.4 Å². The van der Waals surface area contributed by atoms with Crippen LogP contribution in [0.3, 0.4) is 0 Å². The number of halogens is 1. The first kappa shape index (κ1) is 18.7. The third kappa shape index (κ3) is 4.43. The maximum atomic E-state index is 14.5. The summed E-state index contributed by atoms with van der Waals surface area (Å²) >= 11 is 0. The molecule has 2 N–H and O–H groups in total. The molecule has 0 spiro atoms. The van der Waals surface area contributed by atoms with Crippen LogP contribution in [0.2, 0.25) is 0 Å². The van der Waals surface area contributed by atoms with Crippen LogP contribution in [-0.4, -0.2) is 39.3 Å². The van der Waals surface area contributed by atoms with Crippen molar-refractivity contribution in [3.63, 3.8) is 0 Å². The lowest BCUT2D eigenvalue weighted by molar-refractivity contribution is 0.0977. The standard InChI is InChI=1S/C19H25FN2O4S/c1-27(24,25)22-19(23)16-8-15(12-2-3-12)18(9-17(16)20)26-10-11-6-13-4-5-14(7-11)21-13/h8-9,11-14,21H,2-7,10H2,1H3,(H,22,23)/t11?,13-,14+. The summed E-state index contributed by atoms with van der Waals surface area (Å²) in [5.74, 6) is -0.530. The summed E-state index contributed by atoms with van der Waals surface area (Å²) in [4.78, 5) is 12.1. The van der Waals surface area contributed by atoms with Crippen molar-refractivity contribution in [1.82, 2.24) is 10.0 Å². The van der Waals surface area contributed by atoms with Gasteiger partial charge in [-0.05, 0) is 62.0 Å². The Kier molecular flexibility index (Phi) is 4.88. The second-order valence-corrected chi connectivity index (χ2v) is 9.88. The molecule has 2 aliphatic heterocycles. The van der Waals surface area contributed by atoms with E-state index in [1.807, 2.05) is 4.72 Å². The Bertz CT molecular complexity index is 842. The van der Waals surface area contributed by atoms with Gasteiger partial charge in [0.25, 0.3) is 5.91 Å². The fourth-order valence-corrected chi connectivity index (χ4v) is 4.77. The van der Waals surface area contributed by atoms with E-state index in [0.717, 1.165) is 37.5 Å². The molecule has 1 saturated carbocycles. The van der Waals surface area contributed by atoms with E-state index in [9.17, 15) is 17.6 Å². The van der Waals surface area contributed by atoms with Crippen LogP contribution >= 0.6 is 0 Å². The number of hydrogen-bond donors (Lipinski definition) is 2. The molecule has 2 bridgehead atoms. The molecule has 148 valence electrons. The number of carbonyl (C=O) groups excluding carboxylic acids is 1. The summed E-state index contributed by atoms with van der Waals surface area (Å²) < 4.78 is 44.9. The van der Waals surface area contributed by atoms with Crippen molar-refractivity contribution in [3.05, 3.63) is 29.1 Å². The molecule has 3 fully saturated rings. The topological polar surface area (TPSA) is 84.5 Å². The number of ether oxygens (including phenoxy) is 1. The van der Waals surface area contributed by atoms with Crippen molar-refractivity contribution in [2.75, 3.05) is 12.9 Å². The highest BCUT2D eigenvalue weighted by Crippen LogP contribution is 2.45. The van der Waals surface area contributed by atoms with E-state index in [-0.39, 0.29) is 11.5 Å². The van der Waals surface area contributed by atoms with E-state index >= 15 is 0 Å². The second-order valence-electron chi connectivity index (χ2n) is 8.13. The summed E-state index contributed by atoms with van der Waals surface area (Å²) in [6, 6.07) is 3.83. The highest BCUT2D eigenvalue weighted by Gasteiger charge is 2.34. The minimum Gasteiger partial charge on any atom is -0.493 e. The molecule has 8 heteroatoms. The predicted molar refractivity (Wildman–Crippen MR) is 98.8 cm³/mol. The number of piperidine rings is 1. The van der Waals surface area contributed by atoms with Gasteiger partial charge in [0.1, 0.15) is 11.6 Å². The predicted octanol–water partition coefficient (Wildman–Crippen LogP) is 2.30. The number of carbonyl (C=O) groups is 1. The van der Waals surface area contributed by atoms with Crippen LogP contribution < -0.4 is 14.8 Å². The van der Waals surface area contributed by atoms with Crippen LogP contribution in [0, 0.1) is 11.7 Å². The normalized spacial score (nSPS) is 27.4. The van der Waals surface area contributed by atoms with Crippen molar-refractivity contribution in [3.8, 4) is 5.75 Å². The first-order chi connectivity index (χ1) is 12.8. The van der Waals surface area contributed by atoms with Crippen LogP contribution in [0.25, 0.3) is 0 Å². The monoisotopic (exact) mass is 396 g/mol. The Morgan fingerprint density at radius 2 is 1.89 bits per heavy atom. The molecule has 4 rings (SSSR count). The average Bonchev–Trinajstić information content (AvgIpc) is 3.36. The summed E-state index contributed by atoms with van der Waals surface area (Å²) in [5.41, 5.74) is 0.543. The Balaban J connectivity index is 1.50. The highest BCUT2D eigenvalue weighted by molar-refractivity contribution is 7.89. The van der Waals surface area contributed by atoms with E-state index < -0.39 is 21.7 Å². The molecule has 1 aliphatic carbocycles. The first-order valence-corrected chi connectivity index (χ1v) is 11.4. The van der Waals surface area contributed by atoms with Gasteiger partial charge in [-0.3, -0.25) is 4.79 Å². The van der Waals surface area contributed by atoms with Gasteiger partial charge in [0.2, 0.25) is 10.0 Å². The quantitative estimate of drug-likeness (QED) is 0.771. The molecule has 0 radical (unpaired) electrons. The number of sulfonamides is 1. The van der Waals surface area contributed by atoms with Gasteiger partial charge in [0.15, 0.2) is 0 Å². The van der Waals surface area contributed by atoms with Crippen molar-refractivity contribution < 1.29 is 22.3 Å². The molecule has 6 nitrogen and oxygen atoms in total. The van der Waals surface area contributed by atoms with E-state index in [4.69, 9.17) is 4.74 Å². The van der Waals surface area contributed by atoms with Gasteiger partial charge in [-0.2, -0.15) is 0 Å². The molecule has 3 atom stereocenters. The van der Waals surface area contributed by atoms with Gasteiger partial charge in [-0.1, -0.05) is 0 Å². The highest BCUT2D eigenvalue weighted by atomic mass is 32.2. The Labute approximate surface area is 158 Å². The Morgan fingerprint density at radius 3 is 2.48 bits per heavy atom. The molecular weight excluding hydrogens is 371 g/mol. The van der Waals surface area contributed by atoms with Crippen LogP contribution in [0.15, 0.2) is 12.1 Å². The van der Waals surface area contributed by atoms with Gasteiger partial charge >= 0.3 is 0 Å². The largest absolute Gasteiger partial charge is 0.493 e. The van der Waals surface area contributed by atoms with Crippen molar-refractivity contribution in [1.29, 1.82) is 0 Å². The third-order valence-corrected chi connectivity index (χ3v) is 6.24. The summed E-state index contributed by atoms with van der Waals surface area (Å²) in [6.45, 7) is 0.544. The van der Waals surface area contributed by atoms with Gasteiger partial charge in [-0.15, -0.1) is 0 Å². The minimum absolute atomic E-state index is 0.245. The zero-order valence-corrected chi connectivity index (χ0v) is 16.1. The molecule has 1 aromatic carbocycles. The van der Waals surface area contributed by atoms with E-state index in [1.54, 1.807) is 0 Å². The number of hydrogen-bond acceptors (Lipinski definition) is 5. The molecule has 1 unspecified atom stereocenters. The lowest BCUT2D eigenvalue weighted by atomic mass is 9.93. The molecule has 1 amide bonds. The van der Waals surface area contributed by atoms with Crippen LogP contribution in [0.1, 0.15) is 60.4 Å². The van der Waals surface area contributed by atoms with Crippen LogP contribution in [0.4, 0.5) is 4.39 Å². The SMILES string of the molecule is CS(=O)(=O)NC(=O)c1cc(C2CC2)c(OCC2C[C@H]3CC[C@@H](C2)N3)cc1F. The summed E-state index contributed by atoms with van der Waals surface area (Å²) in [5, 5.41) is 3.60. The zero-order valence-electron chi connectivity index (χ0n) is 15.3.